The van der Waals surface area contributed by atoms with Gasteiger partial charge in [0.05, 0.1) is 17.2 Å². The van der Waals surface area contributed by atoms with Gasteiger partial charge in [-0.15, -0.1) is 0 Å². The second-order valence-electron chi connectivity index (χ2n) is 4.41. The molecule has 0 aliphatic carbocycles. The Morgan fingerprint density at radius 2 is 2.12 bits per heavy atom. The maximum absolute atomic E-state index is 4.52. The topological polar surface area (TPSA) is 30.2 Å². The Balaban J connectivity index is 2.31. The predicted octanol–water partition coefficient (Wildman–Crippen LogP) is 2.65. The highest BCUT2D eigenvalue weighted by Crippen LogP contribution is 2.12. The summed E-state index contributed by atoms with van der Waals surface area (Å²) >= 11 is 0. The molecule has 0 radical (unpaired) electrons. The molecule has 0 aliphatic heterocycles. The van der Waals surface area contributed by atoms with Crippen LogP contribution in [0.3, 0.4) is 0 Å². The predicted molar refractivity (Wildman–Crippen MR) is 68.0 cm³/mol. The minimum absolute atomic E-state index is 0.589. The number of para-hydroxylation sites is 2. The summed E-state index contributed by atoms with van der Waals surface area (Å²) in [4.78, 5) is 8.91. The minimum Gasteiger partial charge on any atom is -0.326 e. The van der Waals surface area contributed by atoms with Crippen LogP contribution in [0.5, 0.6) is 0 Å². The van der Waals surface area contributed by atoms with Crippen LogP contribution in [-0.2, 0) is 7.05 Å². The summed E-state index contributed by atoms with van der Waals surface area (Å²) in [7, 11) is 2.02. The molecule has 0 atom stereocenters. The first-order valence-electron chi connectivity index (χ1n) is 5.60. The number of aliphatic imine (C=N–C) groups is 1. The SMILES string of the molecule is CC(C)C/N=C/c1nc2ccccc2n1C. The Morgan fingerprint density at radius 3 is 2.81 bits per heavy atom. The first-order valence-corrected chi connectivity index (χ1v) is 5.60. The van der Waals surface area contributed by atoms with E-state index in [1.165, 1.54) is 0 Å². The molecule has 0 spiro atoms. The zero-order chi connectivity index (χ0) is 11.5. The van der Waals surface area contributed by atoms with Crippen molar-refractivity contribution in [2.75, 3.05) is 6.54 Å². The Labute approximate surface area is 95.8 Å². The van der Waals surface area contributed by atoms with Crippen LogP contribution in [0.2, 0.25) is 0 Å². The van der Waals surface area contributed by atoms with Crippen molar-refractivity contribution in [3.05, 3.63) is 30.1 Å². The lowest BCUT2D eigenvalue weighted by atomic mass is 10.2. The molecule has 0 aliphatic rings. The summed E-state index contributed by atoms with van der Waals surface area (Å²) in [6.07, 6.45) is 1.86. The van der Waals surface area contributed by atoms with Gasteiger partial charge in [-0.3, -0.25) is 4.99 Å². The van der Waals surface area contributed by atoms with Crippen molar-refractivity contribution >= 4 is 17.2 Å². The quantitative estimate of drug-likeness (QED) is 0.724. The standard InChI is InChI=1S/C13H17N3/c1-10(2)8-14-9-13-15-11-6-4-5-7-12(11)16(13)3/h4-7,9-10H,8H2,1-3H3/b14-9+. The summed E-state index contributed by atoms with van der Waals surface area (Å²) in [5.41, 5.74) is 2.17. The molecule has 1 aromatic carbocycles. The summed E-state index contributed by atoms with van der Waals surface area (Å²) in [5, 5.41) is 0. The van der Waals surface area contributed by atoms with Gasteiger partial charge in [0.15, 0.2) is 5.82 Å². The lowest BCUT2D eigenvalue weighted by Crippen LogP contribution is -1.98. The lowest BCUT2D eigenvalue weighted by molar-refractivity contribution is 0.666. The number of imidazole rings is 1. The lowest BCUT2D eigenvalue weighted by Gasteiger charge is -1.98. The molecule has 0 saturated heterocycles. The molecular weight excluding hydrogens is 198 g/mol. The van der Waals surface area contributed by atoms with E-state index in [-0.39, 0.29) is 0 Å². The molecule has 0 bridgehead atoms. The third-order valence-corrected chi connectivity index (χ3v) is 2.50. The molecule has 3 nitrogen and oxygen atoms in total. The van der Waals surface area contributed by atoms with E-state index in [1.54, 1.807) is 0 Å². The summed E-state index contributed by atoms with van der Waals surface area (Å²) < 4.78 is 2.07. The average Bonchev–Trinajstić information content (AvgIpc) is 2.56. The molecule has 16 heavy (non-hydrogen) atoms. The van der Waals surface area contributed by atoms with E-state index < -0.39 is 0 Å². The van der Waals surface area contributed by atoms with E-state index in [4.69, 9.17) is 0 Å². The van der Waals surface area contributed by atoms with Gasteiger partial charge in [-0.25, -0.2) is 4.98 Å². The van der Waals surface area contributed by atoms with E-state index in [0.717, 1.165) is 23.4 Å². The minimum atomic E-state index is 0.589. The van der Waals surface area contributed by atoms with E-state index in [9.17, 15) is 0 Å². The summed E-state index contributed by atoms with van der Waals surface area (Å²) in [6.45, 7) is 5.17. The van der Waals surface area contributed by atoms with Crippen molar-refractivity contribution in [3.8, 4) is 0 Å². The van der Waals surface area contributed by atoms with E-state index >= 15 is 0 Å². The van der Waals surface area contributed by atoms with Crippen molar-refractivity contribution in [2.45, 2.75) is 13.8 Å². The number of benzene rings is 1. The molecule has 0 saturated carbocycles. The van der Waals surface area contributed by atoms with Crippen molar-refractivity contribution in [2.24, 2.45) is 18.0 Å². The normalized spacial score (nSPS) is 12.0. The Hall–Kier alpha value is -1.64. The van der Waals surface area contributed by atoms with Gasteiger partial charge in [-0.05, 0) is 18.1 Å². The van der Waals surface area contributed by atoms with Crippen LogP contribution >= 0.6 is 0 Å². The number of hydrogen-bond donors (Lipinski definition) is 0. The number of fused-ring (bicyclic) bond motifs is 1. The smallest absolute Gasteiger partial charge is 0.151 e. The van der Waals surface area contributed by atoms with Crippen LogP contribution in [0.15, 0.2) is 29.3 Å². The number of hydrogen-bond acceptors (Lipinski definition) is 2. The van der Waals surface area contributed by atoms with Gasteiger partial charge in [0.25, 0.3) is 0 Å². The van der Waals surface area contributed by atoms with E-state index in [0.29, 0.717) is 5.92 Å². The van der Waals surface area contributed by atoms with E-state index in [2.05, 4.69) is 34.5 Å². The van der Waals surface area contributed by atoms with Crippen molar-refractivity contribution in [3.63, 3.8) is 0 Å². The van der Waals surface area contributed by atoms with Crippen LogP contribution in [0.25, 0.3) is 11.0 Å². The van der Waals surface area contributed by atoms with Gasteiger partial charge in [-0.1, -0.05) is 26.0 Å². The molecule has 0 unspecified atom stereocenters. The maximum atomic E-state index is 4.52. The fourth-order valence-electron chi connectivity index (χ4n) is 1.62. The van der Waals surface area contributed by atoms with Gasteiger partial charge >= 0.3 is 0 Å². The molecule has 84 valence electrons. The molecule has 1 heterocycles. The number of rotatable bonds is 3. The second-order valence-corrected chi connectivity index (χ2v) is 4.41. The van der Waals surface area contributed by atoms with Crippen LogP contribution in [0, 0.1) is 5.92 Å². The van der Waals surface area contributed by atoms with Crippen LogP contribution in [0.1, 0.15) is 19.7 Å². The molecule has 0 N–H and O–H groups in total. The van der Waals surface area contributed by atoms with E-state index in [1.807, 2.05) is 31.5 Å². The number of aryl methyl sites for hydroxylation is 1. The Morgan fingerprint density at radius 1 is 1.38 bits per heavy atom. The van der Waals surface area contributed by atoms with Crippen molar-refractivity contribution in [1.29, 1.82) is 0 Å². The van der Waals surface area contributed by atoms with Crippen LogP contribution < -0.4 is 0 Å². The van der Waals surface area contributed by atoms with Gasteiger partial charge in [0.2, 0.25) is 0 Å². The number of aromatic nitrogens is 2. The average molecular weight is 215 g/mol. The first kappa shape index (κ1) is 10.9. The molecule has 1 aromatic heterocycles. The molecule has 2 aromatic rings. The second kappa shape index (κ2) is 4.47. The molecule has 0 amide bonds. The highest BCUT2D eigenvalue weighted by Gasteiger charge is 2.03. The first-order chi connectivity index (χ1) is 7.68. The highest BCUT2D eigenvalue weighted by atomic mass is 15.1. The zero-order valence-electron chi connectivity index (χ0n) is 10.0. The molecular formula is C13H17N3. The van der Waals surface area contributed by atoms with Crippen LogP contribution in [0.4, 0.5) is 0 Å². The van der Waals surface area contributed by atoms with Crippen molar-refractivity contribution < 1.29 is 0 Å². The van der Waals surface area contributed by atoms with Crippen LogP contribution in [-0.4, -0.2) is 22.3 Å². The Kier molecular flexibility index (Phi) is 3.04. The summed E-state index contributed by atoms with van der Waals surface area (Å²) in [6, 6.07) is 8.13. The van der Waals surface area contributed by atoms with Gasteiger partial charge in [0, 0.05) is 13.6 Å². The third kappa shape index (κ3) is 2.13. The summed E-state index contributed by atoms with van der Waals surface area (Å²) in [5.74, 6) is 1.51. The van der Waals surface area contributed by atoms with Gasteiger partial charge in [-0.2, -0.15) is 0 Å². The van der Waals surface area contributed by atoms with Gasteiger partial charge < -0.3 is 4.57 Å². The molecule has 0 fully saturated rings. The molecule has 2 rings (SSSR count). The van der Waals surface area contributed by atoms with Gasteiger partial charge in [0.1, 0.15) is 0 Å². The fourth-order valence-corrected chi connectivity index (χ4v) is 1.62. The molecule has 3 heteroatoms. The largest absolute Gasteiger partial charge is 0.326 e. The third-order valence-electron chi connectivity index (χ3n) is 2.50. The monoisotopic (exact) mass is 215 g/mol. The number of nitrogens with zero attached hydrogens (tertiary/aromatic N) is 3. The Bertz CT molecular complexity index is 509. The highest BCUT2D eigenvalue weighted by molar-refractivity contribution is 5.84. The maximum Gasteiger partial charge on any atom is 0.151 e. The fraction of sp³-hybridized carbons (Fsp3) is 0.385. The zero-order valence-corrected chi connectivity index (χ0v) is 10.0. The van der Waals surface area contributed by atoms with Crippen molar-refractivity contribution in [1.82, 2.24) is 9.55 Å².